The zero-order valence-corrected chi connectivity index (χ0v) is 19.2. The van der Waals surface area contributed by atoms with Gasteiger partial charge in [-0.1, -0.05) is 31.4 Å². The third-order valence-corrected chi connectivity index (χ3v) is 7.18. The molecule has 4 N–H and O–H groups in total. The molecule has 2 aromatic rings. The molecule has 2 aliphatic carbocycles. The fourth-order valence-electron chi connectivity index (χ4n) is 4.35. The molecule has 7 nitrogen and oxygen atoms in total. The van der Waals surface area contributed by atoms with E-state index in [1.165, 1.54) is 23.4 Å². The number of carbonyl (C=O) groups excluding carboxylic acids is 2. The molecule has 0 spiro atoms. The first-order chi connectivity index (χ1) is 15.8. The standard InChI is InChI=1S/C23H27FN2O2S.CH2O3/c24-17-12-10-15(11-13-17)14-25-22(28)20-18-8-4-5-9-19(18)29-23(20)26-21(27)16-6-2-1-3-7-16;2-1(3)4/h10-13,16H,1-9,14H2,(H,25,28)(H,26,27);(H2,2,3,4). The van der Waals surface area contributed by atoms with E-state index in [1.807, 2.05) is 0 Å². The number of benzene rings is 1. The van der Waals surface area contributed by atoms with Gasteiger partial charge in [-0.25, -0.2) is 9.18 Å². The normalized spacial score (nSPS) is 15.5. The number of amides is 2. The van der Waals surface area contributed by atoms with Gasteiger partial charge in [-0.3, -0.25) is 9.59 Å². The van der Waals surface area contributed by atoms with E-state index in [0.717, 1.165) is 62.5 Å². The first kappa shape index (κ1) is 24.7. The zero-order chi connectivity index (χ0) is 23.8. The lowest BCUT2D eigenvalue weighted by Gasteiger charge is -2.20. The SMILES string of the molecule is O=C(NCc1ccc(F)cc1)c1c(NC(=O)C2CCCCC2)sc2c1CCCC2.O=C(O)O. The average Bonchev–Trinajstić information content (AvgIpc) is 3.16. The van der Waals surface area contributed by atoms with Crippen LogP contribution in [0.1, 0.15) is 71.3 Å². The lowest BCUT2D eigenvalue weighted by Crippen LogP contribution is -2.28. The van der Waals surface area contributed by atoms with Gasteiger partial charge < -0.3 is 20.8 Å². The monoisotopic (exact) mass is 476 g/mol. The van der Waals surface area contributed by atoms with Crippen LogP contribution in [-0.2, 0) is 24.2 Å². The Morgan fingerprint density at radius 1 is 0.970 bits per heavy atom. The lowest BCUT2D eigenvalue weighted by atomic mass is 9.88. The van der Waals surface area contributed by atoms with Crippen LogP contribution < -0.4 is 10.6 Å². The fraction of sp³-hybridized carbons (Fsp3) is 0.458. The number of thiophene rings is 1. The van der Waals surface area contributed by atoms with E-state index in [1.54, 1.807) is 23.5 Å². The second-order valence-corrected chi connectivity index (χ2v) is 9.44. The first-order valence-corrected chi connectivity index (χ1v) is 12.1. The Kier molecular flexibility index (Phi) is 8.82. The second kappa shape index (κ2) is 11.8. The molecule has 0 unspecified atom stereocenters. The Bertz CT molecular complexity index is 979. The van der Waals surface area contributed by atoms with Crippen LogP contribution in [-0.4, -0.2) is 28.2 Å². The van der Waals surface area contributed by atoms with Gasteiger partial charge in [0.1, 0.15) is 10.8 Å². The summed E-state index contributed by atoms with van der Waals surface area (Å²) < 4.78 is 13.1. The van der Waals surface area contributed by atoms with Crippen LogP contribution in [0.15, 0.2) is 24.3 Å². The molecule has 0 radical (unpaired) electrons. The van der Waals surface area contributed by atoms with Gasteiger partial charge in [0, 0.05) is 17.3 Å². The molecule has 1 fully saturated rings. The predicted molar refractivity (Wildman–Crippen MR) is 124 cm³/mol. The highest BCUT2D eigenvalue weighted by Crippen LogP contribution is 2.39. The molecule has 0 bridgehead atoms. The molecule has 0 saturated heterocycles. The van der Waals surface area contributed by atoms with Gasteiger partial charge in [0.05, 0.1) is 5.56 Å². The van der Waals surface area contributed by atoms with Crippen LogP contribution in [0.4, 0.5) is 14.2 Å². The highest BCUT2D eigenvalue weighted by molar-refractivity contribution is 7.17. The summed E-state index contributed by atoms with van der Waals surface area (Å²) in [6, 6.07) is 6.13. The van der Waals surface area contributed by atoms with Crippen molar-refractivity contribution < 1.29 is 29.0 Å². The Morgan fingerprint density at radius 3 is 2.27 bits per heavy atom. The molecule has 1 heterocycles. The Labute approximate surface area is 196 Å². The minimum absolute atomic E-state index is 0.0517. The van der Waals surface area contributed by atoms with E-state index in [2.05, 4.69) is 10.6 Å². The molecule has 1 aromatic carbocycles. The minimum Gasteiger partial charge on any atom is -0.450 e. The molecule has 1 saturated carbocycles. The maximum absolute atomic E-state index is 13.1. The Hall–Kier alpha value is -2.94. The number of aryl methyl sites for hydroxylation is 1. The van der Waals surface area contributed by atoms with Crippen LogP contribution in [0.3, 0.4) is 0 Å². The van der Waals surface area contributed by atoms with Gasteiger partial charge in [0.25, 0.3) is 5.91 Å². The first-order valence-electron chi connectivity index (χ1n) is 11.2. The quantitative estimate of drug-likeness (QED) is 0.459. The molecule has 1 aromatic heterocycles. The number of anilines is 1. The average molecular weight is 477 g/mol. The summed E-state index contributed by atoms with van der Waals surface area (Å²) in [7, 11) is 0. The van der Waals surface area contributed by atoms with Crippen molar-refractivity contribution in [3.05, 3.63) is 51.7 Å². The number of hydrogen-bond donors (Lipinski definition) is 4. The van der Waals surface area contributed by atoms with Crippen LogP contribution in [0, 0.1) is 11.7 Å². The maximum atomic E-state index is 13.1. The number of rotatable bonds is 5. The van der Waals surface area contributed by atoms with Crippen LogP contribution in [0.2, 0.25) is 0 Å². The molecule has 9 heteroatoms. The number of hydrogen-bond acceptors (Lipinski definition) is 4. The van der Waals surface area contributed by atoms with Crippen molar-refractivity contribution in [1.82, 2.24) is 5.32 Å². The molecule has 178 valence electrons. The van der Waals surface area contributed by atoms with Crippen LogP contribution >= 0.6 is 11.3 Å². The third-order valence-electron chi connectivity index (χ3n) is 5.98. The van der Waals surface area contributed by atoms with Crippen LogP contribution in [0.5, 0.6) is 0 Å². The molecule has 2 aliphatic rings. The topological polar surface area (TPSA) is 116 Å². The van der Waals surface area contributed by atoms with Crippen molar-refractivity contribution >= 4 is 34.3 Å². The molecular weight excluding hydrogens is 447 g/mol. The fourth-order valence-corrected chi connectivity index (χ4v) is 5.64. The molecule has 33 heavy (non-hydrogen) atoms. The summed E-state index contributed by atoms with van der Waals surface area (Å²) in [6.07, 6.45) is 7.48. The maximum Gasteiger partial charge on any atom is 0.503 e. The van der Waals surface area contributed by atoms with E-state index in [0.29, 0.717) is 17.1 Å². The van der Waals surface area contributed by atoms with Gasteiger partial charge in [-0.15, -0.1) is 11.3 Å². The summed E-state index contributed by atoms with van der Waals surface area (Å²) in [5.74, 6) is -0.346. The lowest BCUT2D eigenvalue weighted by molar-refractivity contribution is -0.120. The minimum atomic E-state index is -1.83. The largest absolute Gasteiger partial charge is 0.503 e. The number of fused-ring (bicyclic) bond motifs is 1. The number of carbonyl (C=O) groups is 3. The van der Waals surface area contributed by atoms with Crippen molar-refractivity contribution in [2.45, 2.75) is 64.3 Å². The van der Waals surface area contributed by atoms with Crippen molar-refractivity contribution in [2.24, 2.45) is 5.92 Å². The van der Waals surface area contributed by atoms with E-state index in [-0.39, 0.29) is 23.5 Å². The summed E-state index contributed by atoms with van der Waals surface area (Å²) in [5.41, 5.74) is 2.57. The van der Waals surface area contributed by atoms with Crippen molar-refractivity contribution in [2.75, 3.05) is 5.32 Å². The van der Waals surface area contributed by atoms with Gasteiger partial charge in [-0.2, -0.15) is 0 Å². The van der Waals surface area contributed by atoms with Gasteiger partial charge in [-0.05, 0) is 61.8 Å². The van der Waals surface area contributed by atoms with E-state index >= 15 is 0 Å². The van der Waals surface area contributed by atoms with Gasteiger partial charge >= 0.3 is 6.16 Å². The number of halogens is 1. The number of nitrogens with one attached hydrogen (secondary N) is 2. The second-order valence-electron chi connectivity index (χ2n) is 8.33. The van der Waals surface area contributed by atoms with Crippen molar-refractivity contribution in [3.63, 3.8) is 0 Å². The summed E-state index contributed by atoms with van der Waals surface area (Å²) in [6.45, 7) is 0.333. The van der Waals surface area contributed by atoms with E-state index in [9.17, 15) is 14.0 Å². The highest BCUT2D eigenvalue weighted by atomic mass is 32.1. The third kappa shape index (κ3) is 7.02. The van der Waals surface area contributed by atoms with Gasteiger partial charge in [0.15, 0.2) is 0 Å². The Morgan fingerprint density at radius 2 is 1.61 bits per heavy atom. The summed E-state index contributed by atoms with van der Waals surface area (Å²) >= 11 is 1.56. The molecule has 4 rings (SSSR count). The van der Waals surface area contributed by atoms with E-state index < -0.39 is 6.16 Å². The van der Waals surface area contributed by atoms with E-state index in [4.69, 9.17) is 15.0 Å². The summed E-state index contributed by atoms with van der Waals surface area (Å²) in [4.78, 5) is 35.6. The molecular formula is C24H29FN2O5S. The predicted octanol–water partition coefficient (Wildman–Crippen LogP) is 5.44. The number of carboxylic acid groups (broad SMARTS) is 2. The zero-order valence-electron chi connectivity index (χ0n) is 18.4. The summed E-state index contributed by atoms with van der Waals surface area (Å²) in [5, 5.41) is 20.7. The molecule has 0 atom stereocenters. The highest BCUT2D eigenvalue weighted by Gasteiger charge is 2.28. The smallest absolute Gasteiger partial charge is 0.450 e. The van der Waals surface area contributed by atoms with Crippen molar-refractivity contribution in [1.29, 1.82) is 0 Å². The Balaban J connectivity index is 0.000000709. The van der Waals surface area contributed by atoms with Crippen molar-refractivity contribution in [3.8, 4) is 0 Å². The molecule has 0 aliphatic heterocycles. The van der Waals surface area contributed by atoms with Crippen LogP contribution in [0.25, 0.3) is 0 Å². The molecule has 2 amide bonds. The van der Waals surface area contributed by atoms with Gasteiger partial charge in [0.2, 0.25) is 5.91 Å².